The van der Waals surface area contributed by atoms with Gasteiger partial charge in [0, 0.05) is 19.1 Å². The van der Waals surface area contributed by atoms with Gasteiger partial charge in [-0.3, -0.25) is 0 Å². The van der Waals surface area contributed by atoms with Gasteiger partial charge in [0.15, 0.2) is 0 Å². The molecule has 0 rings (SSSR count). The van der Waals surface area contributed by atoms with E-state index in [2.05, 4.69) is 0 Å². The first-order valence-corrected chi connectivity index (χ1v) is 5.21. The SMILES string of the molecule is CC(CO)C(O)C(O)CCCCCO. The second-order valence-electron chi connectivity index (χ2n) is 3.79. The summed E-state index contributed by atoms with van der Waals surface area (Å²) in [5, 5.41) is 36.3. The summed E-state index contributed by atoms with van der Waals surface area (Å²) in [4.78, 5) is 0. The molecule has 3 atom stereocenters. The summed E-state index contributed by atoms with van der Waals surface area (Å²) < 4.78 is 0. The smallest absolute Gasteiger partial charge is 0.0846 e. The molecule has 0 aromatic rings. The van der Waals surface area contributed by atoms with Crippen LogP contribution in [0.25, 0.3) is 0 Å². The molecular weight excluding hydrogens is 184 g/mol. The molecule has 0 aliphatic carbocycles. The average molecular weight is 206 g/mol. The zero-order chi connectivity index (χ0) is 11.0. The molecule has 3 unspecified atom stereocenters. The predicted octanol–water partition coefficient (Wildman–Crippen LogP) is -0.111. The van der Waals surface area contributed by atoms with Crippen LogP contribution in [0.4, 0.5) is 0 Å². The molecule has 0 aliphatic rings. The van der Waals surface area contributed by atoms with Crippen molar-refractivity contribution in [3.8, 4) is 0 Å². The Morgan fingerprint density at radius 3 is 2.14 bits per heavy atom. The first-order valence-electron chi connectivity index (χ1n) is 5.21. The molecule has 0 saturated carbocycles. The lowest BCUT2D eigenvalue weighted by molar-refractivity contribution is -0.0310. The molecule has 0 heterocycles. The Morgan fingerprint density at radius 1 is 1.00 bits per heavy atom. The molecule has 0 spiro atoms. The number of aliphatic hydroxyl groups is 4. The van der Waals surface area contributed by atoms with E-state index in [0.29, 0.717) is 6.42 Å². The second kappa shape index (κ2) is 8.17. The average Bonchev–Trinajstić information content (AvgIpc) is 2.21. The van der Waals surface area contributed by atoms with Crippen molar-refractivity contribution in [1.29, 1.82) is 0 Å². The van der Waals surface area contributed by atoms with Crippen LogP contribution in [0.2, 0.25) is 0 Å². The van der Waals surface area contributed by atoms with Crippen LogP contribution in [0.15, 0.2) is 0 Å². The second-order valence-corrected chi connectivity index (χ2v) is 3.79. The summed E-state index contributed by atoms with van der Waals surface area (Å²) >= 11 is 0. The van der Waals surface area contributed by atoms with Crippen LogP contribution < -0.4 is 0 Å². The topological polar surface area (TPSA) is 80.9 Å². The van der Waals surface area contributed by atoms with Crippen LogP contribution in [0.3, 0.4) is 0 Å². The van der Waals surface area contributed by atoms with Crippen LogP contribution in [0, 0.1) is 5.92 Å². The zero-order valence-electron chi connectivity index (χ0n) is 8.76. The Kier molecular flexibility index (Phi) is 8.08. The van der Waals surface area contributed by atoms with E-state index in [1.165, 1.54) is 0 Å². The Labute approximate surface area is 85.2 Å². The molecule has 0 saturated heterocycles. The van der Waals surface area contributed by atoms with E-state index in [9.17, 15) is 10.2 Å². The van der Waals surface area contributed by atoms with Crippen molar-refractivity contribution in [2.75, 3.05) is 13.2 Å². The van der Waals surface area contributed by atoms with Crippen LogP contribution in [0.1, 0.15) is 32.6 Å². The highest BCUT2D eigenvalue weighted by molar-refractivity contribution is 4.72. The fourth-order valence-corrected chi connectivity index (χ4v) is 1.30. The van der Waals surface area contributed by atoms with Gasteiger partial charge >= 0.3 is 0 Å². The maximum atomic E-state index is 9.49. The van der Waals surface area contributed by atoms with Gasteiger partial charge in [0.2, 0.25) is 0 Å². The van der Waals surface area contributed by atoms with E-state index in [-0.39, 0.29) is 19.1 Å². The largest absolute Gasteiger partial charge is 0.396 e. The highest BCUT2D eigenvalue weighted by Gasteiger charge is 2.21. The van der Waals surface area contributed by atoms with Crippen molar-refractivity contribution < 1.29 is 20.4 Å². The minimum absolute atomic E-state index is 0.116. The molecule has 4 N–H and O–H groups in total. The summed E-state index contributed by atoms with van der Waals surface area (Å²) in [6, 6.07) is 0. The number of aliphatic hydroxyl groups excluding tert-OH is 4. The van der Waals surface area contributed by atoms with Crippen molar-refractivity contribution in [3.63, 3.8) is 0 Å². The van der Waals surface area contributed by atoms with Crippen molar-refractivity contribution in [3.05, 3.63) is 0 Å². The lowest BCUT2D eigenvalue weighted by Crippen LogP contribution is -2.33. The summed E-state index contributed by atoms with van der Waals surface area (Å²) in [5.74, 6) is -0.289. The minimum atomic E-state index is -0.853. The van der Waals surface area contributed by atoms with Crippen molar-refractivity contribution >= 4 is 0 Å². The molecule has 4 nitrogen and oxygen atoms in total. The fourth-order valence-electron chi connectivity index (χ4n) is 1.30. The third-order valence-electron chi connectivity index (χ3n) is 2.42. The van der Waals surface area contributed by atoms with Crippen LogP contribution >= 0.6 is 0 Å². The van der Waals surface area contributed by atoms with Gasteiger partial charge < -0.3 is 20.4 Å². The molecule has 0 aliphatic heterocycles. The number of rotatable bonds is 8. The van der Waals surface area contributed by atoms with Crippen molar-refractivity contribution in [1.82, 2.24) is 0 Å². The van der Waals surface area contributed by atoms with E-state index in [0.717, 1.165) is 19.3 Å². The first-order chi connectivity index (χ1) is 6.63. The van der Waals surface area contributed by atoms with E-state index >= 15 is 0 Å². The highest BCUT2D eigenvalue weighted by atomic mass is 16.3. The molecule has 0 aromatic carbocycles. The van der Waals surface area contributed by atoms with Gasteiger partial charge in [-0.05, 0) is 12.8 Å². The standard InChI is InChI=1S/C10H22O4/c1-8(7-12)10(14)9(13)5-3-2-4-6-11/h8-14H,2-7H2,1H3. The van der Waals surface area contributed by atoms with E-state index < -0.39 is 12.2 Å². The molecule has 86 valence electrons. The molecule has 14 heavy (non-hydrogen) atoms. The Morgan fingerprint density at radius 2 is 1.64 bits per heavy atom. The third-order valence-corrected chi connectivity index (χ3v) is 2.42. The number of unbranched alkanes of at least 4 members (excludes halogenated alkanes) is 2. The Hall–Kier alpha value is -0.160. The number of hydrogen-bond donors (Lipinski definition) is 4. The van der Waals surface area contributed by atoms with Gasteiger partial charge in [0.25, 0.3) is 0 Å². The Balaban J connectivity index is 3.56. The molecule has 0 bridgehead atoms. The predicted molar refractivity (Wildman–Crippen MR) is 53.8 cm³/mol. The van der Waals surface area contributed by atoms with E-state index in [1.807, 2.05) is 0 Å². The van der Waals surface area contributed by atoms with Crippen LogP contribution in [0.5, 0.6) is 0 Å². The van der Waals surface area contributed by atoms with E-state index in [4.69, 9.17) is 10.2 Å². The Bertz CT molecular complexity index is 129. The van der Waals surface area contributed by atoms with Gasteiger partial charge in [0.1, 0.15) is 0 Å². The maximum Gasteiger partial charge on any atom is 0.0846 e. The highest BCUT2D eigenvalue weighted by Crippen LogP contribution is 2.12. The maximum absolute atomic E-state index is 9.49. The van der Waals surface area contributed by atoms with Gasteiger partial charge in [-0.1, -0.05) is 19.8 Å². The van der Waals surface area contributed by atoms with Gasteiger partial charge in [-0.15, -0.1) is 0 Å². The molecule has 0 aromatic heterocycles. The summed E-state index contributed by atoms with van der Waals surface area (Å²) in [5.41, 5.74) is 0. The normalized spacial score (nSPS) is 17.8. The van der Waals surface area contributed by atoms with Crippen LogP contribution in [-0.2, 0) is 0 Å². The molecule has 0 radical (unpaired) electrons. The summed E-state index contributed by atoms with van der Waals surface area (Å²) in [6.07, 6.45) is 1.28. The van der Waals surface area contributed by atoms with Gasteiger partial charge in [0.05, 0.1) is 12.2 Å². The van der Waals surface area contributed by atoms with E-state index in [1.54, 1.807) is 6.92 Å². The summed E-state index contributed by atoms with van der Waals surface area (Å²) in [6.45, 7) is 1.75. The fraction of sp³-hybridized carbons (Fsp3) is 1.00. The lowest BCUT2D eigenvalue weighted by atomic mass is 9.97. The molecule has 4 heteroatoms. The zero-order valence-corrected chi connectivity index (χ0v) is 8.76. The first kappa shape index (κ1) is 13.8. The minimum Gasteiger partial charge on any atom is -0.396 e. The van der Waals surface area contributed by atoms with Gasteiger partial charge in [-0.2, -0.15) is 0 Å². The quantitative estimate of drug-likeness (QED) is 0.418. The van der Waals surface area contributed by atoms with Gasteiger partial charge in [-0.25, -0.2) is 0 Å². The third kappa shape index (κ3) is 5.54. The summed E-state index contributed by atoms with van der Waals surface area (Å²) in [7, 11) is 0. The molecule has 0 amide bonds. The van der Waals surface area contributed by atoms with Crippen LogP contribution in [-0.4, -0.2) is 45.8 Å². The monoisotopic (exact) mass is 206 g/mol. The molecular formula is C10H22O4. The van der Waals surface area contributed by atoms with Crippen molar-refractivity contribution in [2.45, 2.75) is 44.8 Å². The van der Waals surface area contributed by atoms with Crippen molar-refractivity contribution in [2.24, 2.45) is 5.92 Å². The molecule has 0 fully saturated rings. The lowest BCUT2D eigenvalue weighted by Gasteiger charge is -2.22. The number of hydrogen-bond acceptors (Lipinski definition) is 4.